The Balaban J connectivity index is 2.79. The molecule has 1 aromatic heterocycles. The molecule has 0 spiro atoms. The number of nitrogens with zero attached hydrogens (tertiary/aromatic N) is 3. The van der Waals surface area contributed by atoms with Crippen LogP contribution in [-0.2, 0) is 6.54 Å². The minimum Gasteiger partial charge on any atom is -0.353 e. The Kier molecular flexibility index (Phi) is 6.81. The van der Waals surface area contributed by atoms with Crippen LogP contribution in [0.3, 0.4) is 0 Å². The molecule has 1 aromatic rings. The van der Waals surface area contributed by atoms with Gasteiger partial charge in [-0.15, -0.1) is 0 Å². The molecule has 0 radical (unpaired) electrons. The number of aromatic nitrogens is 1. The van der Waals surface area contributed by atoms with Gasteiger partial charge in [-0.2, -0.15) is 0 Å². The van der Waals surface area contributed by atoms with Crippen molar-refractivity contribution in [3.05, 3.63) is 23.9 Å². The van der Waals surface area contributed by atoms with Crippen molar-refractivity contribution in [2.75, 3.05) is 38.6 Å². The molecule has 0 saturated heterocycles. The maximum absolute atomic E-state index is 4.53. The standard InChI is InChI=1S/C15H28N4/c1-6-16-11-14-8-9-17-15(10-14)19(7-2)13(3)12-18(4)5/h8-10,13,16H,6-7,11-12H2,1-5H3. The molecule has 108 valence electrons. The van der Waals surface area contributed by atoms with Crippen molar-refractivity contribution < 1.29 is 0 Å². The average Bonchev–Trinajstić information content (AvgIpc) is 2.37. The minimum absolute atomic E-state index is 0.460. The van der Waals surface area contributed by atoms with Gasteiger partial charge in [0.05, 0.1) is 0 Å². The topological polar surface area (TPSA) is 31.4 Å². The van der Waals surface area contributed by atoms with E-state index in [9.17, 15) is 0 Å². The maximum atomic E-state index is 4.53. The van der Waals surface area contributed by atoms with E-state index in [0.717, 1.165) is 32.0 Å². The highest BCUT2D eigenvalue weighted by atomic mass is 15.2. The van der Waals surface area contributed by atoms with Gasteiger partial charge in [-0.3, -0.25) is 0 Å². The number of rotatable bonds is 8. The Morgan fingerprint density at radius 2 is 2.05 bits per heavy atom. The normalized spacial score (nSPS) is 12.7. The lowest BCUT2D eigenvalue weighted by Gasteiger charge is -2.31. The third-order valence-electron chi connectivity index (χ3n) is 3.19. The van der Waals surface area contributed by atoms with E-state index in [-0.39, 0.29) is 0 Å². The van der Waals surface area contributed by atoms with Gasteiger partial charge in [-0.1, -0.05) is 6.92 Å². The van der Waals surface area contributed by atoms with Gasteiger partial charge in [-0.05, 0) is 52.2 Å². The fourth-order valence-electron chi connectivity index (χ4n) is 2.32. The SMILES string of the molecule is CCNCc1ccnc(N(CC)C(C)CN(C)C)c1. The summed E-state index contributed by atoms with van der Waals surface area (Å²) in [7, 11) is 4.22. The van der Waals surface area contributed by atoms with Crippen LogP contribution < -0.4 is 10.2 Å². The summed E-state index contributed by atoms with van der Waals surface area (Å²) in [5.74, 6) is 1.08. The Labute approximate surface area is 117 Å². The van der Waals surface area contributed by atoms with Crippen LogP contribution in [0, 0.1) is 0 Å². The Morgan fingerprint density at radius 1 is 1.32 bits per heavy atom. The first kappa shape index (κ1) is 15.9. The molecule has 0 saturated carbocycles. The van der Waals surface area contributed by atoms with Gasteiger partial charge >= 0.3 is 0 Å². The van der Waals surface area contributed by atoms with Crippen LogP contribution >= 0.6 is 0 Å². The first-order valence-corrected chi connectivity index (χ1v) is 7.15. The molecule has 4 nitrogen and oxygen atoms in total. The summed E-state index contributed by atoms with van der Waals surface area (Å²) < 4.78 is 0. The monoisotopic (exact) mass is 264 g/mol. The summed E-state index contributed by atoms with van der Waals surface area (Å²) in [4.78, 5) is 9.10. The van der Waals surface area contributed by atoms with Crippen LogP contribution in [0.2, 0.25) is 0 Å². The highest BCUT2D eigenvalue weighted by molar-refractivity contribution is 5.42. The number of pyridine rings is 1. The molecule has 4 heteroatoms. The molecule has 0 amide bonds. The van der Waals surface area contributed by atoms with Crippen LogP contribution in [0.1, 0.15) is 26.3 Å². The lowest BCUT2D eigenvalue weighted by Crippen LogP contribution is -2.40. The zero-order valence-corrected chi connectivity index (χ0v) is 13.0. The van der Waals surface area contributed by atoms with E-state index in [0.29, 0.717) is 6.04 Å². The van der Waals surface area contributed by atoms with Crippen LogP contribution in [0.25, 0.3) is 0 Å². The van der Waals surface area contributed by atoms with E-state index in [2.05, 4.69) is 67.1 Å². The summed E-state index contributed by atoms with van der Waals surface area (Å²) in [6.45, 7) is 10.5. The summed E-state index contributed by atoms with van der Waals surface area (Å²) in [5.41, 5.74) is 1.29. The van der Waals surface area contributed by atoms with Gasteiger partial charge < -0.3 is 15.1 Å². The van der Waals surface area contributed by atoms with E-state index < -0.39 is 0 Å². The second-order valence-electron chi connectivity index (χ2n) is 5.20. The Morgan fingerprint density at radius 3 is 2.63 bits per heavy atom. The quantitative estimate of drug-likeness (QED) is 0.778. The third kappa shape index (κ3) is 5.17. The van der Waals surface area contributed by atoms with Gasteiger partial charge in [0.2, 0.25) is 0 Å². The van der Waals surface area contributed by atoms with Crippen molar-refractivity contribution in [3.8, 4) is 0 Å². The van der Waals surface area contributed by atoms with Gasteiger partial charge in [-0.25, -0.2) is 4.98 Å². The Hall–Kier alpha value is -1.13. The van der Waals surface area contributed by atoms with Crippen molar-refractivity contribution in [2.24, 2.45) is 0 Å². The number of hydrogen-bond acceptors (Lipinski definition) is 4. The van der Waals surface area contributed by atoms with Crippen LogP contribution in [0.5, 0.6) is 0 Å². The number of anilines is 1. The first-order chi connectivity index (χ1) is 9.08. The lowest BCUT2D eigenvalue weighted by atomic mass is 10.2. The number of hydrogen-bond donors (Lipinski definition) is 1. The third-order valence-corrected chi connectivity index (χ3v) is 3.19. The van der Waals surface area contributed by atoms with Crippen LogP contribution in [-0.4, -0.2) is 49.7 Å². The van der Waals surface area contributed by atoms with E-state index >= 15 is 0 Å². The van der Waals surface area contributed by atoms with Crippen molar-refractivity contribution in [1.29, 1.82) is 0 Å². The molecule has 0 aliphatic heterocycles. The van der Waals surface area contributed by atoms with Gasteiger partial charge in [0.15, 0.2) is 0 Å². The summed E-state index contributed by atoms with van der Waals surface area (Å²) in [6.07, 6.45) is 1.91. The van der Waals surface area contributed by atoms with Gasteiger partial charge in [0.1, 0.15) is 5.82 Å². The van der Waals surface area contributed by atoms with Crippen molar-refractivity contribution in [2.45, 2.75) is 33.4 Å². The average molecular weight is 264 g/mol. The predicted molar refractivity (Wildman–Crippen MR) is 82.7 cm³/mol. The fraction of sp³-hybridized carbons (Fsp3) is 0.667. The van der Waals surface area contributed by atoms with Crippen LogP contribution in [0.15, 0.2) is 18.3 Å². The molecule has 0 bridgehead atoms. The van der Waals surface area contributed by atoms with Crippen molar-refractivity contribution in [1.82, 2.24) is 15.2 Å². The smallest absolute Gasteiger partial charge is 0.129 e. The summed E-state index contributed by atoms with van der Waals surface area (Å²) in [5, 5.41) is 3.36. The van der Waals surface area contributed by atoms with Gasteiger partial charge in [0.25, 0.3) is 0 Å². The molecule has 1 heterocycles. The summed E-state index contributed by atoms with van der Waals surface area (Å²) >= 11 is 0. The molecule has 0 fully saturated rings. The highest BCUT2D eigenvalue weighted by Crippen LogP contribution is 2.15. The zero-order chi connectivity index (χ0) is 14.3. The number of likely N-dealkylation sites (N-methyl/N-ethyl adjacent to an activating group) is 2. The molecular formula is C15H28N4. The number of nitrogens with one attached hydrogen (secondary N) is 1. The van der Waals surface area contributed by atoms with Gasteiger partial charge in [0, 0.05) is 31.9 Å². The molecule has 0 aromatic carbocycles. The van der Waals surface area contributed by atoms with Crippen LogP contribution in [0.4, 0.5) is 5.82 Å². The molecule has 19 heavy (non-hydrogen) atoms. The molecular weight excluding hydrogens is 236 g/mol. The molecule has 1 rings (SSSR count). The Bertz CT molecular complexity index is 365. The maximum Gasteiger partial charge on any atom is 0.129 e. The molecule has 0 aliphatic carbocycles. The molecule has 0 aliphatic rings. The lowest BCUT2D eigenvalue weighted by molar-refractivity contribution is 0.372. The molecule has 1 atom stereocenters. The van der Waals surface area contributed by atoms with Crippen molar-refractivity contribution >= 4 is 5.82 Å². The van der Waals surface area contributed by atoms with E-state index in [1.165, 1.54) is 5.56 Å². The second kappa shape index (κ2) is 8.12. The first-order valence-electron chi connectivity index (χ1n) is 7.15. The fourth-order valence-corrected chi connectivity index (χ4v) is 2.32. The minimum atomic E-state index is 0.460. The van der Waals surface area contributed by atoms with E-state index in [4.69, 9.17) is 0 Å². The zero-order valence-electron chi connectivity index (χ0n) is 13.0. The largest absolute Gasteiger partial charge is 0.353 e. The highest BCUT2D eigenvalue weighted by Gasteiger charge is 2.14. The predicted octanol–water partition coefficient (Wildman–Crippen LogP) is 1.97. The second-order valence-corrected chi connectivity index (χ2v) is 5.20. The van der Waals surface area contributed by atoms with E-state index in [1.54, 1.807) is 0 Å². The molecule has 1 N–H and O–H groups in total. The van der Waals surface area contributed by atoms with E-state index in [1.807, 2.05) is 6.20 Å². The summed E-state index contributed by atoms with van der Waals surface area (Å²) in [6, 6.07) is 4.73. The van der Waals surface area contributed by atoms with Crippen molar-refractivity contribution in [3.63, 3.8) is 0 Å². The molecule has 1 unspecified atom stereocenters.